The van der Waals surface area contributed by atoms with Gasteiger partial charge in [0, 0.05) is 0 Å². The van der Waals surface area contributed by atoms with Crippen LogP contribution >= 0.6 is 24.0 Å². The van der Waals surface area contributed by atoms with E-state index in [0.717, 1.165) is 17.2 Å². The van der Waals surface area contributed by atoms with Gasteiger partial charge in [-0.25, -0.2) is 4.99 Å². The molecule has 0 aromatic heterocycles. The highest BCUT2D eigenvalue weighted by atomic mass is 127. The van der Waals surface area contributed by atoms with Crippen molar-refractivity contribution in [3.8, 4) is 17.2 Å². The van der Waals surface area contributed by atoms with Crippen molar-refractivity contribution in [3.63, 3.8) is 0 Å². The number of anilines is 1. The van der Waals surface area contributed by atoms with Gasteiger partial charge in [0.25, 0.3) is 0 Å². The van der Waals surface area contributed by atoms with Gasteiger partial charge < -0.3 is 25.3 Å². The second-order valence-electron chi connectivity index (χ2n) is 5.05. The number of ether oxygens (including phenoxy) is 3. The molecule has 128 valence electrons. The largest absolute Gasteiger partial charge is 0.495 e. The van der Waals surface area contributed by atoms with E-state index in [1.807, 2.05) is 48.5 Å². The molecule has 0 spiro atoms. The Balaban J connectivity index is 0.00000208. The van der Waals surface area contributed by atoms with Crippen molar-refractivity contribution in [2.45, 2.75) is 6.10 Å². The van der Waals surface area contributed by atoms with Gasteiger partial charge >= 0.3 is 0 Å². The van der Waals surface area contributed by atoms with Crippen LogP contribution in [0.3, 0.4) is 0 Å². The lowest BCUT2D eigenvalue weighted by Gasteiger charge is -2.25. The van der Waals surface area contributed by atoms with Crippen molar-refractivity contribution in [1.82, 2.24) is 0 Å². The van der Waals surface area contributed by atoms with E-state index in [-0.39, 0.29) is 30.1 Å². The maximum absolute atomic E-state index is 5.93. The minimum Gasteiger partial charge on any atom is -0.495 e. The third-order valence-electron chi connectivity index (χ3n) is 3.40. The third kappa shape index (κ3) is 4.44. The Labute approximate surface area is 158 Å². The zero-order valence-electron chi connectivity index (χ0n) is 13.3. The number of nitrogens with zero attached hydrogens (tertiary/aromatic N) is 1. The summed E-state index contributed by atoms with van der Waals surface area (Å²) in [5, 5.41) is 3.03. The fraction of sp³-hybridized carbons (Fsp3) is 0.235. The number of aliphatic imine (C=N–C) groups is 1. The number of guanidine groups is 1. The average molecular weight is 441 g/mol. The highest BCUT2D eigenvalue weighted by Gasteiger charge is 2.20. The summed E-state index contributed by atoms with van der Waals surface area (Å²) >= 11 is 0. The summed E-state index contributed by atoms with van der Waals surface area (Å²) in [5.41, 5.74) is 6.69. The van der Waals surface area contributed by atoms with Gasteiger partial charge in [0.2, 0.25) is 0 Å². The van der Waals surface area contributed by atoms with Crippen LogP contribution in [0.1, 0.15) is 0 Å². The van der Waals surface area contributed by atoms with Crippen molar-refractivity contribution in [2.24, 2.45) is 10.7 Å². The Bertz CT molecular complexity index is 709. The highest BCUT2D eigenvalue weighted by molar-refractivity contribution is 14.0. The topological polar surface area (TPSA) is 78.1 Å². The van der Waals surface area contributed by atoms with Gasteiger partial charge in [-0.05, 0) is 24.3 Å². The number of methoxy groups -OCH3 is 1. The number of benzene rings is 2. The summed E-state index contributed by atoms with van der Waals surface area (Å²) in [6.07, 6.45) is -0.164. The molecule has 0 saturated heterocycles. The quantitative estimate of drug-likeness (QED) is 0.434. The first kappa shape index (κ1) is 18.2. The molecule has 6 nitrogen and oxygen atoms in total. The number of fused-ring (bicyclic) bond motifs is 1. The third-order valence-corrected chi connectivity index (χ3v) is 3.40. The van der Waals surface area contributed by atoms with Gasteiger partial charge in [-0.3, -0.25) is 0 Å². The minimum atomic E-state index is -0.164. The second kappa shape index (κ2) is 8.62. The fourth-order valence-corrected chi connectivity index (χ4v) is 2.28. The highest BCUT2D eigenvalue weighted by Crippen LogP contribution is 2.30. The van der Waals surface area contributed by atoms with Gasteiger partial charge in [0.05, 0.1) is 19.3 Å². The van der Waals surface area contributed by atoms with Crippen LogP contribution in [0.4, 0.5) is 5.69 Å². The number of nitrogens with one attached hydrogen (secondary N) is 1. The van der Waals surface area contributed by atoms with Gasteiger partial charge in [-0.1, -0.05) is 24.3 Å². The van der Waals surface area contributed by atoms with Gasteiger partial charge in [-0.15, -0.1) is 24.0 Å². The Morgan fingerprint density at radius 2 is 1.92 bits per heavy atom. The molecule has 0 aliphatic carbocycles. The fourth-order valence-electron chi connectivity index (χ4n) is 2.28. The van der Waals surface area contributed by atoms with E-state index >= 15 is 0 Å². The molecule has 1 heterocycles. The van der Waals surface area contributed by atoms with Crippen LogP contribution in [-0.4, -0.2) is 32.3 Å². The maximum atomic E-state index is 5.93. The predicted molar refractivity (Wildman–Crippen MR) is 105 cm³/mol. The Hall–Kier alpha value is -2.16. The maximum Gasteiger partial charge on any atom is 0.193 e. The zero-order chi connectivity index (χ0) is 16.1. The lowest BCUT2D eigenvalue weighted by atomic mass is 10.2. The van der Waals surface area contributed by atoms with E-state index < -0.39 is 0 Å². The first-order chi connectivity index (χ1) is 11.3. The Morgan fingerprint density at radius 1 is 1.21 bits per heavy atom. The van der Waals surface area contributed by atoms with Gasteiger partial charge in [0.1, 0.15) is 12.4 Å². The average Bonchev–Trinajstić information content (AvgIpc) is 2.60. The molecule has 1 aliphatic heterocycles. The van der Waals surface area contributed by atoms with Gasteiger partial charge in [-0.2, -0.15) is 0 Å². The van der Waals surface area contributed by atoms with E-state index in [0.29, 0.717) is 24.9 Å². The van der Waals surface area contributed by atoms with Crippen molar-refractivity contribution >= 4 is 35.6 Å². The summed E-state index contributed by atoms with van der Waals surface area (Å²) in [6.45, 7) is 0.852. The van der Waals surface area contributed by atoms with Gasteiger partial charge in [0.15, 0.2) is 23.6 Å². The molecule has 24 heavy (non-hydrogen) atoms. The number of hydrogen-bond acceptors (Lipinski definition) is 4. The molecule has 1 unspecified atom stereocenters. The van der Waals surface area contributed by atoms with Crippen LogP contribution in [0.15, 0.2) is 53.5 Å². The van der Waals surface area contributed by atoms with E-state index in [4.69, 9.17) is 19.9 Å². The van der Waals surface area contributed by atoms with Crippen LogP contribution < -0.4 is 25.3 Å². The van der Waals surface area contributed by atoms with Crippen LogP contribution in [0, 0.1) is 0 Å². The zero-order valence-corrected chi connectivity index (χ0v) is 15.6. The molecule has 0 radical (unpaired) electrons. The summed E-state index contributed by atoms with van der Waals surface area (Å²) in [7, 11) is 1.61. The van der Waals surface area contributed by atoms with E-state index in [2.05, 4.69) is 10.3 Å². The molecule has 3 N–H and O–H groups in total. The number of hydrogen-bond donors (Lipinski definition) is 2. The number of nitrogens with two attached hydrogens (primary N) is 1. The SMILES string of the molecule is COc1ccccc1NC(N)=NCC1COc2ccccc2O1.I. The summed E-state index contributed by atoms with van der Waals surface area (Å²) in [6, 6.07) is 15.1. The first-order valence-electron chi connectivity index (χ1n) is 7.34. The lowest BCUT2D eigenvalue weighted by Crippen LogP contribution is -2.33. The molecule has 1 atom stereocenters. The molecule has 1 aliphatic rings. The van der Waals surface area contributed by atoms with Crippen LogP contribution in [-0.2, 0) is 0 Å². The molecule has 3 rings (SSSR count). The van der Waals surface area contributed by atoms with Crippen molar-refractivity contribution in [2.75, 3.05) is 25.6 Å². The molecule has 0 saturated carbocycles. The normalized spacial score (nSPS) is 16.0. The lowest BCUT2D eigenvalue weighted by molar-refractivity contribution is 0.0972. The van der Waals surface area contributed by atoms with Crippen molar-refractivity contribution in [1.29, 1.82) is 0 Å². The molecule has 7 heteroatoms. The Morgan fingerprint density at radius 3 is 2.71 bits per heavy atom. The van der Waals surface area contributed by atoms with E-state index in [1.54, 1.807) is 7.11 Å². The van der Waals surface area contributed by atoms with Crippen LogP contribution in [0.25, 0.3) is 0 Å². The predicted octanol–water partition coefficient (Wildman–Crippen LogP) is 2.88. The number of rotatable bonds is 4. The number of halogens is 1. The van der Waals surface area contributed by atoms with Crippen molar-refractivity contribution < 1.29 is 14.2 Å². The first-order valence-corrected chi connectivity index (χ1v) is 7.34. The minimum absolute atomic E-state index is 0. The summed E-state index contributed by atoms with van der Waals surface area (Å²) in [5.74, 6) is 2.50. The smallest absolute Gasteiger partial charge is 0.193 e. The molecule has 0 fully saturated rings. The standard InChI is InChI=1S/C17H19N3O3.HI/c1-21-14-7-3-2-6-13(14)20-17(18)19-10-12-11-22-15-8-4-5-9-16(15)23-12;/h2-9,12H,10-11H2,1H3,(H3,18,19,20);1H. The van der Waals surface area contributed by atoms with Crippen LogP contribution in [0.2, 0.25) is 0 Å². The number of para-hydroxylation sites is 4. The molecule has 0 amide bonds. The second-order valence-corrected chi connectivity index (χ2v) is 5.05. The van der Waals surface area contributed by atoms with E-state index in [9.17, 15) is 0 Å². The molecule has 2 aromatic rings. The van der Waals surface area contributed by atoms with Crippen LogP contribution in [0.5, 0.6) is 17.2 Å². The molecular formula is C17H20IN3O3. The summed E-state index contributed by atoms with van der Waals surface area (Å²) < 4.78 is 16.7. The molecule has 0 bridgehead atoms. The Kier molecular flexibility index (Phi) is 6.53. The summed E-state index contributed by atoms with van der Waals surface area (Å²) in [4.78, 5) is 4.31. The monoisotopic (exact) mass is 441 g/mol. The molecular weight excluding hydrogens is 421 g/mol. The van der Waals surface area contributed by atoms with Crippen molar-refractivity contribution in [3.05, 3.63) is 48.5 Å². The molecule has 2 aromatic carbocycles. The van der Waals surface area contributed by atoms with E-state index in [1.165, 1.54) is 0 Å².